The second kappa shape index (κ2) is 8.17. The van der Waals surface area contributed by atoms with Gasteiger partial charge in [-0.1, -0.05) is 43.2 Å². The van der Waals surface area contributed by atoms with Gasteiger partial charge in [-0.2, -0.15) is 5.10 Å². The summed E-state index contributed by atoms with van der Waals surface area (Å²) in [4.78, 5) is 40.3. The molecule has 0 spiro atoms. The topological polar surface area (TPSA) is 96.3 Å². The van der Waals surface area contributed by atoms with Crippen LogP contribution < -0.4 is 10.6 Å². The summed E-state index contributed by atoms with van der Waals surface area (Å²) >= 11 is 0. The van der Waals surface area contributed by atoms with Gasteiger partial charge in [0.25, 0.3) is 11.8 Å². The molecule has 1 aliphatic carbocycles. The van der Waals surface area contributed by atoms with Crippen LogP contribution in [-0.2, 0) is 11.3 Å². The van der Waals surface area contributed by atoms with Gasteiger partial charge in [0.1, 0.15) is 11.2 Å². The maximum absolute atomic E-state index is 13.1. The van der Waals surface area contributed by atoms with Gasteiger partial charge in [-0.15, -0.1) is 0 Å². The van der Waals surface area contributed by atoms with Gasteiger partial charge in [-0.05, 0) is 32.3 Å². The normalized spacial score (nSPS) is 22.2. The summed E-state index contributed by atoms with van der Waals surface area (Å²) in [7, 11) is 1.63. The maximum atomic E-state index is 13.1. The van der Waals surface area contributed by atoms with Gasteiger partial charge < -0.3 is 15.5 Å². The molecule has 0 bridgehead atoms. The zero-order chi connectivity index (χ0) is 22.2. The number of carbonyl (C=O) groups is 3. The Kier molecular flexibility index (Phi) is 5.56. The summed E-state index contributed by atoms with van der Waals surface area (Å²) in [6, 6.07) is 11.1. The molecule has 4 rings (SSSR count). The highest BCUT2D eigenvalue weighted by Crippen LogP contribution is 2.27. The van der Waals surface area contributed by atoms with E-state index >= 15 is 0 Å². The molecule has 1 saturated carbocycles. The molecule has 2 atom stereocenters. The Morgan fingerprint density at radius 3 is 2.55 bits per heavy atom. The number of rotatable bonds is 5. The van der Waals surface area contributed by atoms with Crippen LogP contribution >= 0.6 is 0 Å². The zero-order valence-corrected chi connectivity index (χ0v) is 18.2. The van der Waals surface area contributed by atoms with E-state index in [1.54, 1.807) is 14.0 Å². The fourth-order valence-corrected chi connectivity index (χ4v) is 4.34. The van der Waals surface area contributed by atoms with E-state index in [0.29, 0.717) is 5.69 Å². The molecule has 3 amide bonds. The van der Waals surface area contributed by atoms with E-state index in [1.165, 1.54) is 15.6 Å². The first kappa shape index (κ1) is 21.1. The highest BCUT2D eigenvalue weighted by atomic mass is 16.2. The monoisotopic (exact) mass is 423 g/mol. The number of amides is 3. The first-order valence-electron chi connectivity index (χ1n) is 10.8. The molecule has 2 N–H and O–H groups in total. The van der Waals surface area contributed by atoms with E-state index in [9.17, 15) is 14.4 Å². The van der Waals surface area contributed by atoms with Gasteiger partial charge in [0, 0.05) is 19.2 Å². The summed E-state index contributed by atoms with van der Waals surface area (Å²) in [5.41, 5.74) is 0.391. The molecule has 0 radical (unpaired) electrons. The van der Waals surface area contributed by atoms with E-state index in [-0.39, 0.29) is 42.0 Å². The number of likely N-dealkylation sites (N-methyl/N-ethyl adjacent to an activating group) is 1. The number of hydrogen-bond acceptors (Lipinski definition) is 4. The molecule has 164 valence electrons. The summed E-state index contributed by atoms with van der Waals surface area (Å²) in [6.07, 6.45) is 4.16. The first-order chi connectivity index (χ1) is 14.8. The third-order valence-electron chi connectivity index (χ3n) is 6.56. The van der Waals surface area contributed by atoms with Crippen molar-refractivity contribution in [2.24, 2.45) is 0 Å². The number of hydrogen-bond donors (Lipinski definition) is 2. The lowest BCUT2D eigenvalue weighted by Gasteiger charge is -2.41. The molecule has 2 aromatic rings. The molecular weight excluding hydrogens is 394 g/mol. The van der Waals surface area contributed by atoms with Crippen molar-refractivity contribution in [2.45, 2.75) is 63.7 Å². The molecule has 8 nitrogen and oxygen atoms in total. The molecule has 2 unspecified atom stereocenters. The van der Waals surface area contributed by atoms with Crippen LogP contribution in [0.1, 0.15) is 72.1 Å². The maximum Gasteiger partial charge on any atom is 0.272 e. The van der Waals surface area contributed by atoms with Crippen molar-refractivity contribution in [2.75, 3.05) is 7.05 Å². The number of benzene rings is 1. The fraction of sp³-hybridized carbons (Fsp3) is 0.478. The van der Waals surface area contributed by atoms with Gasteiger partial charge in [-0.25, -0.2) is 0 Å². The molecule has 1 aliphatic heterocycles. The number of nitrogens with one attached hydrogen (secondary N) is 2. The fourth-order valence-electron chi connectivity index (χ4n) is 4.34. The van der Waals surface area contributed by atoms with Crippen molar-refractivity contribution < 1.29 is 14.4 Å². The molecule has 1 fully saturated rings. The Labute approximate surface area is 182 Å². The second-order valence-corrected chi connectivity index (χ2v) is 8.77. The molecule has 1 aromatic heterocycles. The van der Waals surface area contributed by atoms with Gasteiger partial charge in [0.05, 0.1) is 12.6 Å². The van der Waals surface area contributed by atoms with Crippen LogP contribution in [0, 0.1) is 0 Å². The van der Waals surface area contributed by atoms with Crippen molar-refractivity contribution in [1.29, 1.82) is 0 Å². The summed E-state index contributed by atoms with van der Waals surface area (Å²) in [5, 5.41) is 10.4. The van der Waals surface area contributed by atoms with Crippen molar-refractivity contribution in [3.63, 3.8) is 0 Å². The second-order valence-electron chi connectivity index (χ2n) is 8.77. The Balaban J connectivity index is 1.52. The minimum Gasteiger partial charge on any atom is -0.351 e. The van der Waals surface area contributed by atoms with Crippen LogP contribution in [0.25, 0.3) is 0 Å². The average molecular weight is 424 g/mol. The van der Waals surface area contributed by atoms with E-state index in [4.69, 9.17) is 0 Å². The zero-order valence-electron chi connectivity index (χ0n) is 18.2. The van der Waals surface area contributed by atoms with Gasteiger partial charge in [0.15, 0.2) is 5.69 Å². The molecule has 1 aromatic carbocycles. The molecule has 2 heterocycles. The van der Waals surface area contributed by atoms with E-state index in [2.05, 4.69) is 15.7 Å². The third-order valence-corrected chi connectivity index (χ3v) is 6.56. The summed E-state index contributed by atoms with van der Waals surface area (Å²) in [5.74, 6) is -0.858. The molecule has 8 heteroatoms. The first-order valence-corrected chi connectivity index (χ1v) is 10.8. The van der Waals surface area contributed by atoms with Crippen molar-refractivity contribution >= 4 is 17.7 Å². The van der Waals surface area contributed by atoms with Crippen LogP contribution in [0.15, 0.2) is 36.4 Å². The van der Waals surface area contributed by atoms with E-state index in [1.807, 2.05) is 37.3 Å². The number of nitrogens with zero attached hydrogens (tertiary/aromatic N) is 3. The Morgan fingerprint density at radius 2 is 1.87 bits per heavy atom. The predicted molar refractivity (Wildman–Crippen MR) is 115 cm³/mol. The lowest BCUT2D eigenvalue weighted by molar-refractivity contribution is -0.133. The van der Waals surface area contributed by atoms with Crippen molar-refractivity contribution in [3.8, 4) is 0 Å². The lowest BCUT2D eigenvalue weighted by atomic mass is 9.95. The highest BCUT2D eigenvalue weighted by Gasteiger charge is 2.46. The van der Waals surface area contributed by atoms with Gasteiger partial charge in [0.2, 0.25) is 5.91 Å². The molecule has 0 saturated heterocycles. The number of carbonyl (C=O) groups excluding carboxylic acids is 3. The van der Waals surface area contributed by atoms with Crippen LogP contribution in [0.3, 0.4) is 0 Å². The van der Waals surface area contributed by atoms with E-state index < -0.39 is 5.54 Å². The van der Waals surface area contributed by atoms with Crippen LogP contribution in [0.2, 0.25) is 0 Å². The molecule has 31 heavy (non-hydrogen) atoms. The third kappa shape index (κ3) is 3.94. The van der Waals surface area contributed by atoms with Crippen molar-refractivity contribution in [3.05, 3.63) is 53.3 Å². The average Bonchev–Trinajstić information content (AvgIpc) is 3.42. The minimum atomic E-state index is -1.07. The number of aromatic nitrogens is 2. The van der Waals surface area contributed by atoms with Crippen LogP contribution in [0.4, 0.5) is 0 Å². The minimum absolute atomic E-state index is 0.160. The predicted octanol–water partition coefficient (Wildman–Crippen LogP) is 2.28. The quantitative estimate of drug-likeness (QED) is 0.771. The Bertz CT molecular complexity index is 996. The highest BCUT2D eigenvalue weighted by molar-refractivity contribution is 6.01. The SMILES string of the molecule is CC(NC(=O)c1cc2n(n1)CC(C)(C(=O)NC1CCCC1)N(C)C2=O)c1ccccc1. The van der Waals surface area contributed by atoms with Crippen LogP contribution in [-0.4, -0.2) is 51.0 Å². The standard InChI is InChI=1S/C23H29N5O3/c1-15(16-9-5-4-6-10-16)24-20(29)18-13-19-21(30)27(3)23(2,14-28(19)26-18)22(31)25-17-11-7-8-12-17/h4-6,9-10,13,15,17H,7-8,11-12,14H2,1-3H3,(H,24,29)(H,25,31). The Morgan fingerprint density at radius 1 is 1.19 bits per heavy atom. The lowest BCUT2D eigenvalue weighted by Crippen LogP contribution is -2.63. The smallest absolute Gasteiger partial charge is 0.272 e. The van der Waals surface area contributed by atoms with Gasteiger partial charge in [-0.3, -0.25) is 19.1 Å². The van der Waals surface area contributed by atoms with Crippen LogP contribution in [0.5, 0.6) is 0 Å². The summed E-state index contributed by atoms with van der Waals surface area (Å²) < 4.78 is 1.48. The molecule has 2 aliphatic rings. The Hall–Kier alpha value is -3.16. The van der Waals surface area contributed by atoms with Gasteiger partial charge >= 0.3 is 0 Å². The molecular formula is C23H29N5O3. The largest absolute Gasteiger partial charge is 0.351 e. The van der Waals surface area contributed by atoms with Crippen molar-refractivity contribution in [1.82, 2.24) is 25.3 Å². The number of fused-ring (bicyclic) bond motifs is 1. The summed E-state index contributed by atoms with van der Waals surface area (Å²) in [6.45, 7) is 3.84. The van der Waals surface area contributed by atoms with E-state index in [0.717, 1.165) is 31.2 Å².